The minimum absolute atomic E-state index is 0.0317. The summed E-state index contributed by atoms with van der Waals surface area (Å²) in [6.45, 7) is 2.34. The summed E-state index contributed by atoms with van der Waals surface area (Å²) in [5.41, 5.74) is 0.578. The number of nitrogens with zero attached hydrogens (tertiary/aromatic N) is 1. The third-order valence-electron chi connectivity index (χ3n) is 4.22. The van der Waals surface area contributed by atoms with Crippen LogP contribution in [0.1, 0.15) is 30.1 Å². The number of halogens is 1. The van der Waals surface area contributed by atoms with E-state index in [-0.39, 0.29) is 27.5 Å². The molecule has 1 fully saturated rings. The monoisotopic (exact) mass is 453 g/mol. The number of amides is 2. The highest BCUT2D eigenvalue weighted by Crippen LogP contribution is 2.26. The van der Waals surface area contributed by atoms with Crippen LogP contribution in [-0.4, -0.2) is 44.5 Å². The summed E-state index contributed by atoms with van der Waals surface area (Å²) in [5.74, 6) is -0.909. The molecule has 0 saturated carbocycles. The van der Waals surface area contributed by atoms with Gasteiger partial charge in [0.05, 0.1) is 23.7 Å². The number of pyridine rings is 1. The van der Waals surface area contributed by atoms with Gasteiger partial charge in [-0.15, -0.1) is 0 Å². The van der Waals surface area contributed by atoms with E-state index in [0.717, 1.165) is 19.8 Å². The second-order valence-electron chi connectivity index (χ2n) is 6.58. The lowest BCUT2D eigenvalue weighted by atomic mass is 10.1. The van der Waals surface area contributed by atoms with E-state index in [4.69, 9.17) is 21.1 Å². The van der Waals surface area contributed by atoms with Crippen molar-refractivity contribution in [3.05, 3.63) is 47.1 Å². The number of anilines is 1. The lowest BCUT2D eigenvalue weighted by molar-refractivity contribution is -0.117. The molecule has 2 N–H and O–H groups in total. The largest absolute Gasteiger partial charge is 0.473 e. The zero-order chi connectivity index (χ0) is 21.7. The van der Waals surface area contributed by atoms with Gasteiger partial charge in [-0.1, -0.05) is 11.6 Å². The Labute approximate surface area is 178 Å². The number of carbonyl (C=O) groups is 2. The smallest absolute Gasteiger partial charge is 0.264 e. The van der Waals surface area contributed by atoms with Crippen molar-refractivity contribution in [3.63, 3.8) is 0 Å². The third kappa shape index (κ3) is 5.68. The fraction of sp³-hybridized carbons (Fsp3) is 0.316. The Hall–Kier alpha value is -2.69. The number of nitrogens with one attached hydrogen (secondary N) is 2. The zero-order valence-corrected chi connectivity index (χ0v) is 17.6. The van der Waals surface area contributed by atoms with Gasteiger partial charge >= 0.3 is 0 Å². The molecule has 1 aromatic heterocycles. The van der Waals surface area contributed by atoms with E-state index in [0.29, 0.717) is 18.9 Å². The maximum Gasteiger partial charge on any atom is 0.264 e. The van der Waals surface area contributed by atoms with Crippen LogP contribution in [0, 0.1) is 0 Å². The average molecular weight is 454 g/mol. The van der Waals surface area contributed by atoms with Crippen LogP contribution >= 0.6 is 11.6 Å². The molecule has 0 radical (unpaired) electrons. The summed E-state index contributed by atoms with van der Waals surface area (Å²) < 4.78 is 36.8. The van der Waals surface area contributed by atoms with Crippen molar-refractivity contribution in [2.24, 2.45) is 0 Å². The van der Waals surface area contributed by atoms with E-state index in [1.165, 1.54) is 36.5 Å². The molecular formula is C19H20ClN3O6S. The number of hydrogen-bond acceptors (Lipinski definition) is 7. The van der Waals surface area contributed by atoms with Crippen LogP contribution in [0.15, 0.2) is 41.4 Å². The van der Waals surface area contributed by atoms with E-state index >= 15 is 0 Å². The fourth-order valence-electron chi connectivity index (χ4n) is 2.76. The topological polar surface area (TPSA) is 124 Å². The van der Waals surface area contributed by atoms with Crippen molar-refractivity contribution in [1.29, 1.82) is 0 Å². The van der Waals surface area contributed by atoms with Crippen molar-refractivity contribution in [2.75, 3.05) is 18.5 Å². The summed E-state index contributed by atoms with van der Waals surface area (Å²) in [6, 6.07) is 6.82. The van der Waals surface area contributed by atoms with E-state index in [1.807, 2.05) is 4.72 Å². The quantitative estimate of drug-likeness (QED) is 0.688. The normalized spacial score (nSPS) is 14.7. The first kappa shape index (κ1) is 22.0. The van der Waals surface area contributed by atoms with Crippen molar-refractivity contribution < 1.29 is 27.5 Å². The molecule has 30 heavy (non-hydrogen) atoms. The molecule has 0 unspecified atom stereocenters. The van der Waals surface area contributed by atoms with Crippen LogP contribution in [-0.2, 0) is 19.6 Å². The van der Waals surface area contributed by atoms with Gasteiger partial charge in [-0.05, 0) is 30.3 Å². The molecular weight excluding hydrogens is 434 g/mol. The van der Waals surface area contributed by atoms with Crippen LogP contribution in [0.2, 0.25) is 5.02 Å². The van der Waals surface area contributed by atoms with E-state index < -0.39 is 21.8 Å². The van der Waals surface area contributed by atoms with Crippen molar-refractivity contribution in [1.82, 2.24) is 9.71 Å². The summed E-state index contributed by atoms with van der Waals surface area (Å²) in [5, 5.41) is 2.84. The van der Waals surface area contributed by atoms with Crippen molar-refractivity contribution >= 4 is 39.1 Å². The molecule has 2 aromatic rings. The summed E-state index contributed by atoms with van der Waals surface area (Å²) in [7, 11) is -3.94. The molecule has 0 spiro atoms. The van der Waals surface area contributed by atoms with Crippen molar-refractivity contribution in [2.45, 2.75) is 30.8 Å². The van der Waals surface area contributed by atoms with Gasteiger partial charge in [0.2, 0.25) is 11.8 Å². The second kappa shape index (κ2) is 9.41. The Morgan fingerprint density at radius 3 is 2.47 bits per heavy atom. The maximum atomic E-state index is 12.5. The standard InChI is InChI=1S/C19H20ClN3O6S/c1-12(24)23-30(26,27)16-4-2-14(3-5-16)22-18(25)13-10-17(20)19(21-11-13)29-15-6-8-28-9-7-15/h2-5,10-11,15H,6-9H2,1H3,(H,22,25)(H,23,24). The number of sulfonamides is 1. The maximum absolute atomic E-state index is 12.5. The van der Waals surface area contributed by atoms with E-state index in [9.17, 15) is 18.0 Å². The van der Waals surface area contributed by atoms with Crippen LogP contribution in [0.5, 0.6) is 5.88 Å². The fourth-order valence-corrected chi connectivity index (χ4v) is 3.96. The second-order valence-corrected chi connectivity index (χ2v) is 8.67. The van der Waals surface area contributed by atoms with Gasteiger partial charge < -0.3 is 14.8 Å². The Kier molecular flexibility index (Phi) is 6.91. The number of rotatable bonds is 6. The minimum Gasteiger partial charge on any atom is -0.473 e. The molecule has 160 valence electrons. The molecule has 1 saturated heterocycles. The lowest BCUT2D eigenvalue weighted by Gasteiger charge is -2.23. The van der Waals surface area contributed by atoms with Crippen molar-refractivity contribution in [3.8, 4) is 5.88 Å². The molecule has 0 aliphatic carbocycles. The minimum atomic E-state index is -3.94. The molecule has 0 bridgehead atoms. The molecule has 1 aliphatic rings. The molecule has 0 atom stereocenters. The Balaban J connectivity index is 1.65. The zero-order valence-electron chi connectivity index (χ0n) is 16.1. The summed E-state index contributed by atoms with van der Waals surface area (Å²) in [6.07, 6.45) is 2.81. The first-order valence-corrected chi connectivity index (χ1v) is 11.0. The van der Waals surface area contributed by atoms with Gasteiger partial charge in [0.1, 0.15) is 11.1 Å². The van der Waals surface area contributed by atoms with Gasteiger partial charge in [-0.2, -0.15) is 0 Å². The molecule has 2 amide bonds. The van der Waals surface area contributed by atoms with Crippen LogP contribution in [0.3, 0.4) is 0 Å². The number of carbonyl (C=O) groups excluding carboxylic acids is 2. The van der Waals surface area contributed by atoms with Crippen LogP contribution in [0.25, 0.3) is 0 Å². The van der Waals surface area contributed by atoms with Gasteiger partial charge in [0, 0.05) is 31.6 Å². The molecule has 3 rings (SSSR count). The van der Waals surface area contributed by atoms with Gasteiger partial charge in [0.25, 0.3) is 15.9 Å². The average Bonchev–Trinajstić information content (AvgIpc) is 2.70. The number of aromatic nitrogens is 1. The highest BCUT2D eigenvalue weighted by molar-refractivity contribution is 7.90. The molecule has 11 heteroatoms. The summed E-state index contributed by atoms with van der Waals surface area (Å²) in [4.78, 5) is 27.5. The number of ether oxygens (including phenoxy) is 2. The van der Waals surface area contributed by atoms with E-state index in [1.54, 1.807) is 0 Å². The van der Waals surface area contributed by atoms with Crippen LogP contribution < -0.4 is 14.8 Å². The van der Waals surface area contributed by atoms with Gasteiger partial charge in [-0.25, -0.2) is 18.1 Å². The highest BCUT2D eigenvalue weighted by Gasteiger charge is 2.19. The Bertz CT molecular complexity index is 1040. The number of benzene rings is 1. The Morgan fingerprint density at radius 2 is 1.87 bits per heavy atom. The predicted octanol–water partition coefficient (Wildman–Crippen LogP) is 2.37. The van der Waals surface area contributed by atoms with E-state index in [2.05, 4.69) is 10.3 Å². The molecule has 1 aliphatic heterocycles. The SMILES string of the molecule is CC(=O)NS(=O)(=O)c1ccc(NC(=O)c2cnc(OC3CCOCC3)c(Cl)c2)cc1. The van der Waals surface area contributed by atoms with Gasteiger partial charge in [0.15, 0.2) is 0 Å². The first-order chi connectivity index (χ1) is 14.2. The lowest BCUT2D eigenvalue weighted by Crippen LogP contribution is -2.28. The van der Waals surface area contributed by atoms with Crippen LogP contribution in [0.4, 0.5) is 5.69 Å². The third-order valence-corrected chi connectivity index (χ3v) is 5.94. The molecule has 2 heterocycles. The Morgan fingerprint density at radius 1 is 1.20 bits per heavy atom. The summed E-state index contributed by atoms with van der Waals surface area (Å²) >= 11 is 6.21. The predicted molar refractivity (Wildman–Crippen MR) is 109 cm³/mol. The molecule has 9 nitrogen and oxygen atoms in total. The number of hydrogen-bond donors (Lipinski definition) is 2. The molecule has 1 aromatic carbocycles. The highest BCUT2D eigenvalue weighted by atomic mass is 35.5. The van der Waals surface area contributed by atoms with Gasteiger partial charge in [-0.3, -0.25) is 9.59 Å². The first-order valence-electron chi connectivity index (χ1n) is 9.09.